The van der Waals surface area contributed by atoms with Crippen molar-refractivity contribution in [1.82, 2.24) is 20.2 Å². The average molecular weight is 370 g/mol. The molecule has 2 rings (SSSR count). The average Bonchev–Trinajstić information content (AvgIpc) is 3.05. The molecule has 1 aromatic carbocycles. The molecule has 0 bridgehead atoms. The third-order valence-electron chi connectivity index (χ3n) is 3.99. The molecular formula is C20H26N4O3. The number of aromatic nitrogens is 4. The molecule has 1 heterocycles. The van der Waals surface area contributed by atoms with Gasteiger partial charge in [-0.3, -0.25) is 9.59 Å². The Hall–Kier alpha value is -2.83. The van der Waals surface area contributed by atoms with Gasteiger partial charge >= 0.3 is 0 Å². The van der Waals surface area contributed by atoms with E-state index in [2.05, 4.69) is 15.4 Å². The van der Waals surface area contributed by atoms with Crippen molar-refractivity contribution in [2.45, 2.75) is 46.5 Å². The fraction of sp³-hybridized carbons (Fsp3) is 0.450. The third-order valence-corrected chi connectivity index (χ3v) is 3.99. The molecule has 0 spiro atoms. The first-order valence-electron chi connectivity index (χ1n) is 9.13. The fourth-order valence-electron chi connectivity index (χ4n) is 2.73. The predicted molar refractivity (Wildman–Crippen MR) is 102 cm³/mol. The third kappa shape index (κ3) is 6.13. The van der Waals surface area contributed by atoms with Crippen LogP contribution in [-0.2, 0) is 16.6 Å². The Morgan fingerprint density at radius 2 is 1.74 bits per heavy atom. The van der Waals surface area contributed by atoms with E-state index in [9.17, 15) is 9.59 Å². The van der Waals surface area contributed by atoms with E-state index >= 15 is 0 Å². The van der Waals surface area contributed by atoms with Crippen LogP contribution in [0.15, 0.2) is 24.3 Å². The largest absolute Gasteiger partial charge is 0.493 e. The summed E-state index contributed by atoms with van der Waals surface area (Å²) in [7, 11) is 1.73. The van der Waals surface area contributed by atoms with Crippen LogP contribution < -0.4 is 4.74 Å². The second-order valence-electron chi connectivity index (χ2n) is 6.51. The predicted octanol–water partition coefficient (Wildman–Crippen LogP) is 3.15. The number of carbonyl (C=O) groups excluding carboxylic acids is 2. The van der Waals surface area contributed by atoms with E-state index in [0.29, 0.717) is 31.7 Å². The van der Waals surface area contributed by atoms with Gasteiger partial charge in [-0.15, -0.1) is 10.2 Å². The molecule has 0 unspecified atom stereocenters. The lowest BCUT2D eigenvalue weighted by Gasteiger charge is -2.13. The molecule has 7 nitrogen and oxygen atoms in total. The molecule has 1 aromatic heterocycles. The van der Waals surface area contributed by atoms with Crippen LogP contribution in [0.4, 0.5) is 0 Å². The summed E-state index contributed by atoms with van der Waals surface area (Å²) in [6.07, 6.45) is 4.96. The number of aryl methyl sites for hydroxylation is 3. The van der Waals surface area contributed by atoms with Crippen molar-refractivity contribution in [1.29, 1.82) is 0 Å². The van der Waals surface area contributed by atoms with E-state index in [4.69, 9.17) is 4.74 Å². The molecule has 144 valence electrons. The van der Waals surface area contributed by atoms with Gasteiger partial charge in [-0.1, -0.05) is 6.92 Å². The fourth-order valence-corrected chi connectivity index (χ4v) is 2.73. The zero-order valence-electron chi connectivity index (χ0n) is 16.4. The molecule has 0 radical (unpaired) electrons. The molecule has 0 N–H and O–H groups in total. The van der Waals surface area contributed by atoms with E-state index in [0.717, 1.165) is 28.9 Å². The van der Waals surface area contributed by atoms with Gasteiger partial charge in [-0.2, -0.15) is 4.80 Å². The van der Waals surface area contributed by atoms with Gasteiger partial charge in [0.2, 0.25) is 5.82 Å². The van der Waals surface area contributed by atoms with E-state index < -0.39 is 0 Å². The van der Waals surface area contributed by atoms with E-state index in [1.54, 1.807) is 7.05 Å². The highest BCUT2D eigenvalue weighted by Gasteiger charge is 2.11. The summed E-state index contributed by atoms with van der Waals surface area (Å²) in [5.74, 6) is 1.32. The number of ketones is 2. The van der Waals surface area contributed by atoms with Crippen molar-refractivity contribution in [3.05, 3.63) is 35.4 Å². The van der Waals surface area contributed by atoms with Gasteiger partial charge in [0.25, 0.3) is 0 Å². The van der Waals surface area contributed by atoms with Crippen LogP contribution in [0.1, 0.15) is 43.7 Å². The molecule has 7 heteroatoms. The Balaban J connectivity index is 1.87. The van der Waals surface area contributed by atoms with Gasteiger partial charge < -0.3 is 4.74 Å². The SMILES string of the molecule is CCCC(=O)C=CC(=O)CCCOc1c(C)cc(-c2nnn(C)n2)cc1C. The summed E-state index contributed by atoms with van der Waals surface area (Å²) in [6.45, 7) is 6.31. The highest BCUT2D eigenvalue weighted by Crippen LogP contribution is 2.28. The van der Waals surface area contributed by atoms with Crippen molar-refractivity contribution >= 4 is 11.6 Å². The maximum Gasteiger partial charge on any atom is 0.204 e. The topological polar surface area (TPSA) is 87.0 Å². The summed E-state index contributed by atoms with van der Waals surface area (Å²) >= 11 is 0. The highest BCUT2D eigenvalue weighted by molar-refractivity contribution is 5.98. The first kappa shape index (κ1) is 20.5. The van der Waals surface area contributed by atoms with Gasteiger partial charge in [-0.05, 0) is 67.3 Å². The Morgan fingerprint density at radius 1 is 1.11 bits per heavy atom. The number of rotatable bonds is 10. The van der Waals surface area contributed by atoms with Crippen LogP contribution in [0.25, 0.3) is 11.4 Å². The molecule has 0 aliphatic heterocycles. The van der Waals surface area contributed by atoms with Crippen molar-refractivity contribution in [3.8, 4) is 17.1 Å². The van der Waals surface area contributed by atoms with Gasteiger partial charge in [0.15, 0.2) is 11.6 Å². The van der Waals surface area contributed by atoms with Crippen LogP contribution in [-0.4, -0.2) is 38.4 Å². The van der Waals surface area contributed by atoms with E-state index in [1.807, 2.05) is 32.9 Å². The number of carbonyl (C=O) groups is 2. The Kier molecular flexibility index (Phi) is 7.40. The van der Waals surface area contributed by atoms with Gasteiger partial charge in [0.05, 0.1) is 13.7 Å². The van der Waals surface area contributed by atoms with Gasteiger partial charge in [0.1, 0.15) is 5.75 Å². The Labute approximate surface area is 159 Å². The number of hydrogen-bond donors (Lipinski definition) is 0. The lowest BCUT2D eigenvalue weighted by Crippen LogP contribution is -2.04. The van der Waals surface area contributed by atoms with Crippen molar-refractivity contribution in [3.63, 3.8) is 0 Å². The minimum absolute atomic E-state index is 0.00830. The van der Waals surface area contributed by atoms with E-state index in [1.165, 1.54) is 16.9 Å². The van der Waals surface area contributed by atoms with Crippen LogP contribution in [0.2, 0.25) is 0 Å². The van der Waals surface area contributed by atoms with Crippen molar-refractivity contribution in [2.75, 3.05) is 6.61 Å². The molecule has 2 aromatic rings. The molecule has 0 aliphatic rings. The summed E-state index contributed by atoms with van der Waals surface area (Å²) in [5, 5.41) is 12.1. The number of allylic oxidation sites excluding steroid dienone is 2. The quantitative estimate of drug-likeness (QED) is 0.472. The zero-order valence-corrected chi connectivity index (χ0v) is 16.4. The second-order valence-corrected chi connectivity index (χ2v) is 6.51. The lowest BCUT2D eigenvalue weighted by atomic mass is 10.1. The number of tetrazole rings is 1. The molecule has 0 fully saturated rings. The van der Waals surface area contributed by atoms with Crippen LogP contribution in [0, 0.1) is 13.8 Å². The summed E-state index contributed by atoms with van der Waals surface area (Å²) in [4.78, 5) is 24.6. The Bertz CT molecular complexity index is 816. The first-order chi connectivity index (χ1) is 12.9. The number of nitrogens with zero attached hydrogens (tertiary/aromatic N) is 4. The molecular weight excluding hydrogens is 344 g/mol. The number of hydrogen-bond acceptors (Lipinski definition) is 6. The molecule has 0 amide bonds. The first-order valence-corrected chi connectivity index (χ1v) is 9.13. The summed E-state index contributed by atoms with van der Waals surface area (Å²) in [6, 6.07) is 3.93. The minimum Gasteiger partial charge on any atom is -0.493 e. The smallest absolute Gasteiger partial charge is 0.204 e. The van der Waals surface area contributed by atoms with Crippen LogP contribution in [0.5, 0.6) is 5.75 Å². The molecule has 0 atom stereocenters. The molecule has 0 saturated heterocycles. The molecule has 0 saturated carbocycles. The van der Waals surface area contributed by atoms with Gasteiger partial charge in [0, 0.05) is 18.4 Å². The molecule has 27 heavy (non-hydrogen) atoms. The zero-order chi connectivity index (χ0) is 19.8. The highest BCUT2D eigenvalue weighted by atomic mass is 16.5. The van der Waals surface area contributed by atoms with Crippen LogP contribution in [0.3, 0.4) is 0 Å². The summed E-state index contributed by atoms with van der Waals surface area (Å²) < 4.78 is 5.87. The number of ether oxygens (including phenoxy) is 1. The summed E-state index contributed by atoms with van der Waals surface area (Å²) in [5.41, 5.74) is 2.85. The van der Waals surface area contributed by atoms with E-state index in [-0.39, 0.29) is 11.6 Å². The van der Waals surface area contributed by atoms with Gasteiger partial charge in [-0.25, -0.2) is 0 Å². The minimum atomic E-state index is -0.0550. The second kappa shape index (κ2) is 9.75. The normalized spacial score (nSPS) is 11.1. The van der Waals surface area contributed by atoms with Crippen molar-refractivity contribution < 1.29 is 14.3 Å². The maximum absolute atomic E-state index is 11.8. The van der Waals surface area contributed by atoms with Crippen LogP contribution >= 0.6 is 0 Å². The monoisotopic (exact) mass is 370 g/mol. The standard InChI is InChI=1S/C20H26N4O3/c1-5-7-17(25)9-10-18(26)8-6-11-27-19-14(2)12-16(13-15(19)3)20-21-23-24(4)22-20/h9-10,12-13H,5-8,11H2,1-4H3. The lowest BCUT2D eigenvalue weighted by molar-refractivity contribution is -0.116. The number of benzene rings is 1. The Morgan fingerprint density at radius 3 is 2.30 bits per heavy atom. The maximum atomic E-state index is 11.8. The molecule has 0 aliphatic carbocycles. The van der Waals surface area contributed by atoms with Crippen molar-refractivity contribution in [2.24, 2.45) is 7.05 Å².